The van der Waals surface area contributed by atoms with Crippen molar-refractivity contribution >= 4 is 0 Å². The highest BCUT2D eigenvalue weighted by atomic mass is 16.6. The van der Waals surface area contributed by atoms with E-state index in [-0.39, 0.29) is 12.2 Å². The van der Waals surface area contributed by atoms with Gasteiger partial charge >= 0.3 is 0 Å². The van der Waals surface area contributed by atoms with E-state index in [1.165, 1.54) is 51.4 Å². The van der Waals surface area contributed by atoms with Crippen LogP contribution < -0.4 is 0 Å². The van der Waals surface area contributed by atoms with Crippen LogP contribution in [0.2, 0.25) is 0 Å². The minimum absolute atomic E-state index is 0.176. The average molecular weight is 270 g/mol. The predicted octanol–water partition coefficient (Wildman–Crippen LogP) is 3.70. The van der Waals surface area contributed by atoms with Gasteiger partial charge < -0.3 is 14.2 Å². The molecule has 112 valence electrons. The highest BCUT2D eigenvalue weighted by molar-refractivity contribution is 4.69. The Morgan fingerprint density at radius 3 is 2.00 bits per heavy atom. The molecule has 0 heterocycles. The Bertz CT molecular complexity index is 232. The molecule has 0 radical (unpaired) electrons. The zero-order valence-corrected chi connectivity index (χ0v) is 12.6. The van der Waals surface area contributed by atoms with E-state index in [4.69, 9.17) is 14.2 Å². The second kappa shape index (κ2) is 8.23. The number of ether oxygens (including phenoxy) is 3. The Hall–Kier alpha value is -0.120. The highest BCUT2D eigenvalue weighted by Gasteiger charge is 2.19. The van der Waals surface area contributed by atoms with E-state index in [1.807, 2.05) is 0 Å². The third-order valence-electron chi connectivity index (χ3n) is 4.21. The Labute approximate surface area is 118 Å². The van der Waals surface area contributed by atoms with Crippen LogP contribution in [0.3, 0.4) is 0 Å². The first-order chi connectivity index (χ1) is 9.24. The van der Waals surface area contributed by atoms with Crippen LogP contribution in [-0.4, -0.2) is 37.6 Å². The van der Waals surface area contributed by atoms with E-state index < -0.39 is 0 Å². The van der Waals surface area contributed by atoms with Crippen molar-refractivity contribution in [2.24, 2.45) is 0 Å². The van der Waals surface area contributed by atoms with Crippen molar-refractivity contribution < 1.29 is 14.2 Å². The van der Waals surface area contributed by atoms with Crippen LogP contribution in [0.15, 0.2) is 0 Å². The Kier molecular flexibility index (Phi) is 6.62. The van der Waals surface area contributed by atoms with Crippen LogP contribution >= 0.6 is 0 Å². The van der Waals surface area contributed by atoms with Crippen LogP contribution in [-0.2, 0) is 14.2 Å². The molecule has 0 aromatic rings. The lowest BCUT2D eigenvalue weighted by atomic mass is 10.3. The summed E-state index contributed by atoms with van der Waals surface area (Å²) in [7, 11) is 0. The summed E-state index contributed by atoms with van der Waals surface area (Å²) in [6.07, 6.45) is 11.6. The molecular formula is C16H30O3. The second-order valence-corrected chi connectivity index (χ2v) is 6.24. The summed E-state index contributed by atoms with van der Waals surface area (Å²) >= 11 is 0. The monoisotopic (exact) mass is 270 g/mol. The fraction of sp³-hybridized carbons (Fsp3) is 1.00. The first kappa shape index (κ1) is 15.3. The molecule has 2 rings (SSSR count). The van der Waals surface area contributed by atoms with Gasteiger partial charge in [0.1, 0.15) is 0 Å². The summed E-state index contributed by atoms with van der Waals surface area (Å²) in [4.78, 5) is 0. The molecule has 2 saturated carbocycles. The average Bonchev–Trinajstić information content (AvgIpc) is 3.06. The molecule has 3 nitrogen and oxygen atoms in total. The topological polar surface area (TPSA) is 27.7 Å². The predicted molar refractivity (Wildman–Crippen MR) is 76.4 cm³/mol. The molecule has 0 aromatic carbocycles. The lowest BCUT2D eigenvalue weighted by Crippen LogP contribution is -2.27. The van der Waals surface area contributed by atoms with Gasteiger partial charge in [0.05, 0.1) is 37.6 Å². The Morgan fingerprint density at radius 1 is 0.789 bits per heavy atom. The van der Waals surface area contributed by atoms with Gasteiger partial charge in [-0.15, -0.1) is 0 Å². The van der Waals surface area contributed by atoms with Gasteiger partial charge in [-0.3, -0.25) is 0 Å². The van der Waals surface area contributed by atoms with Crippen molar-refractivity contribution in [2.75, 3.05) is 13.2 Å². The van der Waals surface area contributed by atoms with Crippen molar-refractivity contribution in [3.8, 4) is 0 Å². The molecule has 0 saturated heterocycles. The molecule has 2 unspecified atom stereocenters. The molecule has 0 bridgehead atoms. The third kappa shape index (κ3) is 5.80. The van der Waals surface area contributed by atoms with Gasteiger partial charge in [-0.1, -0.05) is 25.7 Å². The van der Waals surface area contributed by atoms with Crippen LogP contribution in [0.5, 0.6) is 0 Å². The van der Waals surface area contributed by atoms with E-state index in [0.717, 1.165) is 6.61 Å². The van der Waals surface area contributed by atoms with Crippen LogP contribution in [0, 0.1) is 0 Å². The number of hydrogen-bond donors (Lipinski definition) is 0. The van der Waals surface area contributed by atoms with E-state index in [9.17, 15) is 0 Å². The van der Waals surface area contributed by atoms with Gasteiger partial charge in [0.25, 0.3) is 0 Å². The standard InChI is InChI=1S/C16H30O3/c1-13(11-18-15-7-3-4-8-15)17-12-14(2)19-16-9-5-6-10-16/h13-16H,3-12H2,1-2H3. The first-order valence-electron chi connectivity index (χ1n) is 8.12. The van der Waals surface area contributed by atoms with E-state index >= 15 is 0 Å². The molecule has 0 aliphatic heterocycles. The summed E-state index contributed by atoms with van der Waals surface area (Å²) in [6.45, 7) is 5.62. The van der Waals surface area contributed by atoms with Crippen molar-refractivity contribution in [1.82, 2.24) is 0 Å². The van der Waals surface area contributed by atoms with Gasteiger partial charge in [-0.25, -0.2) is 0 Å². The Balaban J connectivity index is 1.50. The molecule has 3 heteroatoms. The SMILES string of the molecule is CC(COC1CCCC1)OCC(C)OC1CCCC1. The first-order valence-corrected chi connectivity index (χ1v) is 8.12. The molecule has 0 N–H and O–H groups in total. The molecular weight excluding hydrogens is 240 g/mol. The van der Waals surface area contributed by atoms with Crippen molar-refractivity contribution in [2.45, 2.75) is 89.6 Å². The summed E-state index contributed by atoms with van der Waals surface area (Å²) < 4.78 is 17.7. The van der Waals surface area contributed by atoms with Gasteiger partial charge in [0.15, 0.2) is 0 Å². The smallest absolute Gasteiger partial charge is 0.0784 e. The molecule has 0 aromatic heterocycles. The van der Waals surface area contributed by atoms with E-state index in [2.05, 4.69) is 13.8 Å². The maximum atomic E-state index is 5.97. The molecule has 2 aliphatic carbocycles. The fourth-order valence-electron chi connectivity index (χ4n) is 3.07. The summed E-state index contributed by atoms with van der Waals surface area (Å²) in [6, 6.07) is 0. The summed E-state index contributed by atoms with van der Waals surface area (Å²) in [5, 5.41) is 0. The van der Waals surface area contributed by atoms with Crippen molar-refractivity contribution in [3.05, 3.63) is 0 Å². The fourth-order valence-corrected chi connectivity index (χ4v) is 3.07. The second-order valence-electron chi connectivity index (χ2n) is 6.24. The number of rotatable bonds is 8. The molecule has 2 atom stereocenters. The third-order valence-corrected chi connectivity index (χ3v) is 4.21. The van der Waals surface area contributed by atoms with Gasteiger partial charge in [-0.05, 0) is 39.5 Å². The van der Waals surface area contributed by atoms with E-state index in [1.54, 1.807) is 0 Å². The van der Waals surface area contributed by atoms with Gasteiger partial charge in [0, 0.05) is 0 Å². The zero-order valence-electron chi connectivity index (χ0n) is 12.6. The lowest BCUT2D eigenvalue weighted by Gasteiger charge is -2.21. The Morgan fingerprint density at radius 2 is 1.37 bits per heavy atom. The molecule has 2 aliphatic rings. The minimum Gasteiger partial charge on any atom is -0.376 e. The van der Waals surface area contributed by atoms with Crippen LogP contribution in [0.25, 0.3) is 0 Å². The molecule has 2 fully saturated rings. The van der Waals surface area contributed by atoms with Gasteiger partial charge in [0.2, 0.25) is 0 Å². The molecule has 19 heavy (non-hydrogen) atoms. The highest BCUT2D eigenvalue weighted by Crippen LogP contribution is 2.23. The zero-order chi connectivity index (χ0) is 13.5. The quantitative estimate of drug-likeness (QED) is 0.673. The summed E-state index contributed by atoms with van der Waals surface area (Å²) in [5.74, 6) is 0. The maximum absolute atomic E-state index is 5.97. The van der Waals surface area contributed by atoms with E-state index in [0.29, 0.717) is 18.8 Å². The molecule has 0 spiro atoms. The van der Waals surface area contributed by atoms with Crippen LogP contribution in [0.1, 0.15) is 65.2 Å². The normalized spacial score (nSPS) is 24.9. The van der Waals surface area contributed by atoms with Crippen molar-refractivity contribution in [3.63, 3.8) is 0 Å². The maximum Gasteiger partial charge on any atom is 0.0784 e. The number of hydrogen-bond acceptors (Lipinski definition) is 3. The van der Waals surface area contributed by atoms with Crippen molar-refractivity contribution in [1.29, 1.82) is 0 Å². The van der Waals surface area contributed by atoms with Gasteiger partial charge in [-0.2, -0.15) is 0 Å². The largest absolute Gasteiger partial charge is 0.376 e. The minimum atomic E-state index is 0.176. The lowest BCUT2D eigenvalue weighted by molar-refractivity contribution is -0.0852. The molecule has 0 amide bonds. The summed E-state index contributed by atoms with van der Waals surface area (Å²) in [5.41, 5.74) is 0. The van der Waals surface area contributed by atoms with Crippen LogP contribution in [0.4, 0.5) is 0 Å².